The van der Waals surface area contributed by atoms with Gasteiger partial charge in [0, 0.05) is 25.2 Å². The summed E-state index contributed by atoms with van der Waals surface area (Å²) in [5.41, 5.74) is 2.40. The maximum Gasteiger partial charge on any atom is 0.0571 e. The number of likely N-dealkylation sites (tertiary alicyclic amines) is 1. The number of nitrogens with zero attached hydrogens (tertiary/aromatic N) is 3. The summed E-state index contributed by atoms with van der Waals surface area (Å²) in [5.74, 6) is 0. The first-order valence-corrected chi connectivity index (χ1v) is 8.40. The van der Waals surface area contributed by atoms with Gasteiger partial charge in [0.1, 0.15) is 0 Å². The van der Waals surface area contributed by atoms with Gasteiger partial charge >= 0.3 is 0 Å². The molecule has 4 heteroatoms. The Morgan fingerprint density at radius 2 is 2.00 bits per heavy atom. The largest absolute Gasteiger partial charge is 0.369 e. The summed E-state index contributed by atoms with van der Waals surface area (Å²) in [5, 5.41) is 3.24. The fraction of sp³-hybridized carbons (Fsp3) is 0.706. The Labute approximate surface area is 128 Å². The summed E-state index contributed by atoms with van der Waals surface area (Å²) in [6, 6.07) is 5.46. The summed E-state index contributed by atoms with van der Waals surface area (Å²) in [6.45, 7) is 7.08. The van der Waals surface area contributed by atoms with E-state index in [9.17, 15) is 0 Å². The highest BCUT2D eigenvalue weighted by Gasteiger charge is 2.28. The molecule has 1 aromatic heterocycles. The van der Waals surface area contributed by atoms with Gasteiger partial charge < -0.3 is 10.2 Å². The molecular formula is C17H28N4. The van der Waals surface area contributed by atoms with Crippen LogP contribution in [-0.4, -0.2) is 49.2 Å². The maximum atomic E-state index is 4.61. The highest BCUT2D eigenvalue weighted by atomic mass is 15.3. The predicted octanol–water partition coefficient (Wildman–Crippen LogP) is 2.43. The summed E-state index contributed by atoms with van der Waals surface area (Å²) in [6.07, 6.45) is 7.53. The average Bonchev–Trinajstić information content (AvgIpc) is 3.05. The van der Waals surface area contributed by atoms with E-state index in [0.29, 0.717) is 6.04 Å². The monoisotopic (exact) mass is 288 g/mol. The molecular weight excluding hydrogens is 260 g/mol. The van der Waals surface area contributed by atoms with Crippen molar-refractivity contribution in [1.29, 1.82) is 0 Å². The molecule has 0 bridgehead atoms. The van der Waals surface area contributed by atoms with Crippen LogP contribution in [0, 0.1) is 0 Å². The van der Waals surface area contributed by atoms with Crippen LogP contribution in [-0.2, 0) is 0 Å². The molecule has 21 heavy (non-hydrogen) atoms. The maximum absolute atomic E-state index is 4.61. The molecule has 1 aromatic rings. The van der Waals surface area contributed by atoms with E-state index < -0.39 is 0 Å². The fourth-order valence-electron chi connectivity index (χ4n) is 3.55. The Morgan fingerprint density at radius 3 is 2.67 bits per heavy atom. The molecule has 2 fully saturated rings. The molecule has 0 spiro atoms. The van der Waals surface area contributed by atoms with E-state index in [1.807, 2.05) is 13.2 Å². The van der Waals surface area contributed by atoms with Gasteiger partial charge in [-0.05, 0) is 58.5 Å². The van der Waals surface area contributed by atoms with E-state index in [4.69, 9.17) is 0 Å². The van der Waals surface area contributed by atoms with Crippen LogP contribution in [0.3, 0.4) is 0 Å². The minimum Gasteiger partial charge on any atom is -0.369 e. The number of rotatable bonds is 4. The van der Waals surface area contributed by atoms with Gasteiger partial charge in [-0.1, -0.05) is 6.42 Å². The Hall–Kier alpha value is -1.13. The minimum atomic E-state index is 0.318. The molecule has 2 aliphatic rings. The third-order valence-corrected chi connectivity index (χ3v) is 5.08. The fourth-order valence-corrected chi connectivity index (χ4v) is 3.55. The summed E-state index contributed by atoms with van der Waals surface area (Å²) >= 11 is 0. The minimum absolute atomic E-state index is 0.318. The SMILES string of the molecule is CNC(C)c1ccc(N2CCC(N3CCCCC3)C2)cn1. The number of nitrogens with one attached hydrogen (secondary N) is 1. The number of aromatic nitrogens is 1. The first kappa shape index (κ1) is 14.8. The van der Waals surface area contributed by atoms with Gasteiger partial charge in [-0.3, -0.25) is 9.88 Å². The lowest BCUT2D eigenvalue weighted by atomic mass is 10.1. The number of hydrogen-bond acceptors (Lipinski definition) is 4. The molecule has 4 nitrogen and oxygen atoms in total. The van der Waals surface area contributed by atoms with Crippen molar-refractivity contribution >= 4 is 5.69 Å². The van der Waals surface area contributed by atoms with Crippen molar-refractivity contribution in [3.8, 4) is 0 Å². The Bertz CT molecular complexity index is 439. The predicted molar refractivity (Wildman–Crippen MR) is 87.8 cm³/mol. The molecule has 1 N–H and O–H groups in total. The van der Waals surface area contributed by atoms with Gasteiger partial charge in [0.05, 0.1) is 17.6 Å². The highest BCUT2D eigenvalue weighted by Crippen LogP contribution is 2.25. The van der Waals surface area contributed by atoms with Gasteiger partial charge in [-0.15, -0.1) is 0 Å². The van der Waals surface area contributed by atoms with E-state index in [2.05, 4.69) is 39.2 Å². The van der Waals surface area contributed by atoms with Crippen molar-refractivity contribution in [3.63, 3.8) is 0 Å². The topological polar surface area (TPSA) is 31.4 Å². The normalized spacial score (nSPS) is 25.2. The van der Waals surface area contributed by atoms with Crippen LogP contribution in [0.15, 0.2) is 18.3 Å². The highest BCUT2D eigenvalue weighted by molar-refractivity contribution is 5.46. The molecule has 3 heterocycles. The summed E-state index contributed by atoms with van der Waals surface area (Å²) < 4.78 is 0. The molecule has 0 aromatic carbocycles. The van der Waals surface area contributed by atoms with E-state index in [-0.39, 0.29) is 0 Å². The van der Waals surface area contributed by atoms with E-state index in [0.717, 1.165) is 11.7 Å². The van der Waals surface area contributed by atoms with E-state index in [1.165, 1.54) is 57.5 Å². The zero-order valence-electron chi connectivity index (χ0n) is 13.4. The van der Waals surface area contributed by atoms with Crippen LogP contribution >= 0.6 is 0 Å². The molecule has 2 unspecified atom stereocenters. The zero-order chi connectivity index (χ0) is 14.7. The van der Waals surface area contributed by atoms with Gasteiger partial charge in [-0.2, -0.15) is 0 Å². The van der Waals surface area contributed by atoms with Crippen molar-refractivity contribution in [1.82, 2.24) is 15.2 Å². The quantitative estimate of drug-likeness (QED) is 0.922. The van der Waals surface area contributed by atoms with Crippen molar-refractivity contribution in [3.05, 3.63) is 24.0 Å². The van der Waals surface area contributed by atoms with Crippen LogP contribution in [0.1, 0.15) is 44.3 Å². The summed E-state index contributed by atoms with van der Waals surface area (Å²) in [7, 11) is 1.98. The molecule has 0 radical (unpaired) electrons. The van der Waals surface area contributed by atoms with Crippen LogP contribution in [0.5, 0.6) is 0 Å². The Kier molecular flexibility index (Phi) is 4.76. The van der Waals surface area contributed by atoms with E-state index in [1.54, 1.807) is 0 Å². The lowest BCUT2D eigenvalue weighted by molar-refractivity contribution is 0.175. The van der Waals surface area contributed by atoms with Crippen LogP contribution in [0.2, 0.25) is 0 Å². The van der Waals surface area contributed by atoms with E-state index >= 15 is 0 Å². The second-order valence-electron chi connectivity index (χ2n) is 6.44. The second-order valence-corrected chi connectivity index (χ2v) is 6.44. The molecule has 2 aliphatic heterocycles. The van der Waals surface area contributed by atoms with Crippen molar-refractivity contribution < 1.29 is 0 Å². The van der Waals surface area contributed by atoms with Crippen molar-refractivity contribution in [2.75, 3.05) is 38.1 Å². The molecule has 0 saturated carbocycles. The average molecular weight is 288 g/mol. The second kappa shape index (κ2) is 6.75. The number of piperidine rings is 1. The number of pyridine rings is 1. The first-order valence-electron chi connectivity index (χ1n) is 8.40. The third-order valence-electron chi connectivity index (χ3n) is 5.08. The first-order chi connectivity index (χ1) is 10.3. The van der Waals surface area contributed by atoms with Gasteiger partial charge in [0.2, 0.25) is 0 Å². The van der Waals surface area contributed by atoms with Gasteiger partial charge in [-0.25, -0.2) is 0 Å². The molecule has 2 atom stereocenters. The van der Waals surface area contributed by atoms with Crippen molar-refractivity contribution in [2.45, 2.75) is 44.7 Å². The molecule has 2 saturated heterocycles. The molecule has 3 rings (SSSR count). The van der Waals surface area contributed by atoms with Gasteiger partial charge in [0.15, 0.2) is 0 Å². The Balaban J connectivity index is 1.60. The molecule has 0 amide bonds. The smallest absolute Gasteiger partial charge is 0.0571 e. The number of hydrogen-bond donors (Lipinski definition) is 1. The van der Waals surface area contributed by atoms with Crippen LogP contribution in [0.4, 0.5) is 5.69 Å². The zero-order valence-corrected chi connectivity index (χ0v) is 13.4. The molecule has 0 aliphatic carbocycles. The lowest BCUT2D eigenvalue weighted by Crippen LogP contribution is -2.40. The summed E-state index contributed by atoms with van der Waals surface area (Å²) in [4.78, 5) is 9.82. The third kappa shape index (κ3) is 3.38. The van der Waals surface area contributed by atoms with Crippen LogP contribution < -0.4 is 10.2 Å². The molecule has 116 valence electrons. The standard InChI is InChI=1S/C17H28N4/c1-14(18-2)17-7-6-15(12-19-17)21-11-8-16(13-21)20-9-4-3-5-10-20/h6-7,12,14,16,18H,3-5,8-11,13H2,1-2H3. The van der Waals surface area contributed by atoms with Crippen molar-refractivity contribution in [2.24, 2.45) is 0 Å². The van der Waals surface area contributed by atoms with Crippen LogP contribution in [0.25, 0.3) is 0 Å². The lowest BCUT2D eigenvalue weighted by Gasteiger charge is -2.32. The number of anilines is 1. The Morgan fingerprint density at radius 1 is 1.19 bits per heavy atom. The van der Waals surface area contributed by atoms with Gasteiger partial charge in [0.25, 0.3) is 0 Å².